The van der Waals surface area contributed by atoms with Gasteiger partial charge in [-0.15, -0.1) is 0 Å². The highest BCUT2D eigenvalue weighted by molar-refractivity contribution is 5.22. The average Bonchev–Trinajstić information content (AvgIpc) is 2.82. The lowest BCUT2D eigenvalue weighted by atomic mass is 10.1. The van der Waals surface area contributed by atoms with Crippen LogP contribution in [0.5, 0.6) is 5.75 Å². The molecule has 4 heteroatoms. The van der Waals surface area contributed by atoms with Crippen molar-refractivity contribution in [3.63, 3.8) is 0 Å². The first-order valence-electron chi connectivity index (χ1n) is 6.05. The van der Waals surface area contributed by atoms with Gasteiger partial charge < -0.3 is 15.2 Å². The highest BCUT2D eigenvalue weighted by Crippen LogP contribution is 2.14. The third kappa shape index (κ3) is 3.68. The van der Waals surface area contributed by atoms with Crippen LogP contribution >= 0.6 is 0 Å². The second-order valence-corrected chi connectivity index (χ2v) is 4.36. The summed E-state index contributed by atoms with van der Waals surface area (Å²) in [5, 5.41) is 13.1. The fourth-order valence-electron chi connectivity index (χ4n) is 2.10. The molecule has 2 atom stereocenters. The van der Waals surface area contributed by atoms with E-state index in [9.17, 15) is 9.50 Å². The molecule has 1 aliphatic heterocycles. The fraction of sp³-hybridized carbons (Fsp3) is 0.538. The number of hydrogen-bond acceptors (Lipinski definition) is 3. The van der Waals surface area contributed by atoms with E-state index in [4.69, 9.17) is 4.74 Å². The second kappa shape index (κ2) is 5.98. The minimum Gasteiger partial charge on any atom is -0.493 e. The molecule has 17 heavy (non-hydrogen) atoms. The van der Waals surface area contributed by atoms with Crippen molar-refractivity contribution in [1.29, 1.82) is 0 Å². The highest BCUT2D eigenvalue weighted by atomic mass is 19.1. The molecule has 0 bridgehead atoms. The van der Waals surface area contributed by atoms with Gasteiger partial charge in [-0.3, -0.25) is 0 Å². The van der Waals surface area contributed by atoms with Crippen molar-refractivity contribution in [3.8, 4) is 5.75 Å². The number of aliphatic hydroxyl groups excluding tert-OH is 1. The Morgan fingerprint density at radius 3 is 3.12 bits per heavy atom. The minimum absolute atomic E-state index is 0.186. The zero-order chi connectivity index (χ0) is 12.1. The summed E-state index contributed by atoms with van der Waals surface area (Å²) < 4.78 is 18.2. The molecule has 0 aromatic heterocycles. The zero-order valence-electron chi connectivity index (χ0n) is 9.73. The fourth-order valence-corrected chi connectivity index (χ4v) is 2.10. The molecule has 0 amide bonds. The largest absolute Gasteiger partial charge is 0.493 e. The molecule has 0 radical (unpaired) electrons. The van der Waals surface area contributed by atoms with Crippen molar-refractivity contribution < 1.29 is 14.2 Å². The van der Waals surface area contributed by atoms with Crippen molar-refractivity contribution in [3.05, 3.63) is 30.1 Å². The van der Waals surface area contributed by atoms with Gasteiger partial charge in [0.2, 0.25) is 0 Å². The third-order valence-electron chi connectivity index (χ3n) is 3.04. The molecule has 1 saturated heterocycles. The molecule has 0 aliphatic carbocycles. The van der Waals surface area contributed by atoms with Crippen molar-refractivity contribution in [2.75, 3.05) is 13.2 Å². The minimum atomic E-state index is -0.383. The molecule has 2 N–H and O–H groups in total. The number of hydrogen-bond donors (Lipinski definition) is 2. The Balaban J connectivity index is 1.71. The first kappa shape index (κ1) is 12.3. The van der Waals surface area contributed by atoms with E-state index in [0.717, 1.165) is 19.4 Å². The van der Waals surface area contributed by atoms with E-state index in [1.165, 1.54) is 12.1 Å². The Bertz CT molecular complexity index is 353. The smallest absolute Gasteiger partial charge is 0.126 e. The summed E-state index contributed by atoms with van der Waals surface area (Å²) in [6, 6.07) is 6.24. The van der Waals surface area contributed by atoms with Gasteiger partial charge in [-0.2, -0.15) is 0 Å². The summed E-state index contributed by atoms with van der Waals surface area (Å²) in [7, 11) is 0. The van der Waals surface area contributed by atoms with Crippen LogP contribution in [-0.2, 0) is 0 Å². The molecule has 3 nitrogen and oxygen atoms in total. The highest BCUT2D eigenvalue weighted by Gasteiger charge is 2.22. The van der Waals surface area contributed by atoms with Gasteiger partial charge in [0.25, 0.3) is 0 Å². The van der Waals surface area contributed by atoms with Crippen LogP contribution in [0.4, 0.5) is 4.39 Å². The number of halogens is 1. The molecule has 2 rings (SSSR count). The van der Waals surface area contributed by atoms with Crippen LogP contribution in [0.2, 0.25) is 0 Å². The monoisotopic (exact) mass is 239 g/mol. The maximum Gasteiger partial charge on any atom is 0.126 e. The summed E-state index contributed by atoms with van der Waals surface area (Å²) in [6.07, 6.45) is 2.31. The number of ether oxygens (including phenoxy) is 1. The molecule has 1 heterocycles. The summed E-state index contributed by atoms with van der Waals surface area (Å²) in [4.78, 5) is 0. The lowest BCUT2D eigenvalue weighted by Crippen LogP contribution is -2.35. The van der Waals surface area contributed by atoms with Crippen LogP contribution in [0.1, 0.15) is 19.3 Å². The van der Waals surface area contributed by atoms with Gasteiger partial charge in [-0.25, -0.2) is 4.39 Å². The first-order valence-corrected chi connectivity index (χ1v) is 6.05. The maximum atomic E-state index is 12.9. The SMILES string of the molecule is OC(CCOc1cccc(F)c1)C1CCCN1. The molecular formula is C13H18FNO2. The molecule has 1 fully saturated rings. The van der Waals surface area contributed by atoms with E-state index >= 15 is 0 Å². The molecule has 1 aromatic rings. The number of nitrogens with one attached hydrogen (secondary N) is 1. The standard InChI is InChI=1S/C13H18FNO2/c14-10-3-1-4-11(9-10)17-8-6-13(16)12-5-2-7-15-12/h1,3-4,9,12-13,15-16H,2,5-8H2. The molecule has 0 saturated carbocycles. The van der Waals surface area contributed by atoms with Crippen molar-refractivity contribution >= 4 is 0 Å². The summed E-state index contributed by atoms with van der Waals surface area (Å²) >= 11 is 0. The lowest BCUT2D eigenvalue weighted by molar-refractivity contribution is 0.107. The van der Waals surface area contributed by atoms with E-state index in [-0.39, 0.29) is 18.0 Å². The third-order valence-corrected chi connectivity index (χ3v) is 3.04. The quantitative estimate of drug-likeness (QED) is 0.822. The molecule has 94 valence electrons. The van der Waals surface area contributed by atoms with Crippen molar-refractivity contribution in [1.82, 2.24) is 5.32 Å². The van der Waals surface area contributed by atoms with Gasteiger partial charge in [0, 0.05) is 18.5 Å². The van der Waals surface area contributed by atoms with Gasteiger partial charge in [0.15, 0.2) is 0 Å². The second-order valence-electron chi connectivity index (χ2n) is 4.36. The van der Waals surface area contributed by atoms with Gasteiger partial charge in [0.1, 0.15) is 11.6 Å². The van der Waals surface area contributed by atoms with Crippen LogP contribution in [0.3, 0.4) is 0 Å². The van der Waals surface area contributed by atoms with E-state index in [0.29, 0.717) is 18.8 Å². The Hall–Kier alpha value is -1.13. The van der Waals surface area contributed by atoms with E-state index in [1.54, 1.807) is 12.1 Å². The summed E-state index contributed by atoms with van der Waals surface area (Å²) in [5.74, 6) is 0.206. The number of aliphatic hydroxyl groups is 1. The van der Waals surface area contributed by atoms with Gasteiger partial charge in [-0.05, 0) is 31.5 Å². The van der Waals surface area contributed by atoms with Crippen LogP contribution in [0.15, 0.2) is 24.3 Å². The maximum absolute atomic E-state index is 12.9. The Kier molecular flexibility index (Phi) is 4.34. The van der Waals surface area contributed by atoms with Crippen LogP contribution in [-0.4, -0.2) is 30.4 Å². The topological polar surface area (TPSA) is 41.5 Å². The summed E-state index contributed by atoms with van der Waals surface area (Å²) in [5.41, 5.74) is 0. The van der Waals surface area contributed by atoms with E-state index < -0.39 is 0 Å². The Morgan fingerprint density at radius 1 is 1.53 bits per heavy atom. The first-order chi connectivity index (χ1) is 8.25. The molecule has 0 spiro atoms. The van der Waals surface area contributed by atoms with Crippen molar-refractivity contribution in [2.24, 2.45) is 0 Å². The van der Waals surface area contributed by atoms with Crippen LogP contribution in [0.25, 0.3) is 0 Å². The molecule has 2 unspecified atom stereocenters. The summed E-state index contributed by atoms with van der Waals surface area (Å²) in [6.45, 7) is 1.38. The average molecular weight is 239 g/mol. The Labute approximate surface area is 101 Å². The van der Waals surface area contributed by atoms with E-state index in [2.05, 4.69) is 5.32 Å². The molecular weight excluding hydrogens is 221 g/mol. The Morgan fingerprint density at radius 2 is 2.41 bits per heavy atom. The zero-order valence-corrected chi connectivity index (χ0v) is 9.73. The molecule has 1 aliphatic rings. The predicted octanol–water partition coefficient (Wildman–Crippen LogP) is 1.71. The van der Waals surface area contributed by atoms with Crippen LogP contribution < -0.4 is 10.1 Å². The predicted molar refractivity (Wildman–Crippen MR) is 63.5 cm³/mol. The van der Waals surface area contributed by atoms with Gasteiger partial charge >= 0.3 is 0 Å². The van der Waals surface area contributed by atoms with Crippen LogP contribution in [0, 0.1) is 5.82 Å². The normalized spacial score (nSPS) is 21.4. The van der Waals surface area contributed by atoms with Gasteiger partial charge in [-0.1, -0.05) is 6.07 Å². The van der Waals surface area contributed by atoms with Crippen molar-refractivity contribution in [2.45, 2.75) is 31.4 Å². The lowest BCUT2D eigenvalue weighted by Gasteiger charge is -2.18. The van der Waals surface area contributed by atoms with Gasteiger partial charge in [0.05, 0.1) is 12.7 Å². The van der Waals surface area contributed by atoms with E-state index in [1.807, 2.05) is 0 Å². The number of benzene rings is 1. The molecule has 1 aromatic carbocycles. The number of rotatable bonds is 5.